The van der Waals surface area contributed by atoms with Crippen LogP contribution in [0.25, 0.3) is 0 Å². The zero-order chi connectivity index (χ0) is 20.0. The molecule has 2 amide bonds. The van der Waals surface area contributed by atoms with E-state index >= 15 is 0 Å². The van der Waals surface area contributed by atoms with Crippen LogP contribution >= 0.6 is 11.3 Å². The van der Waals surface area contributed by atoms with Gasteiger partial charge in [0.1, 0.15) is 11.9 Å². The molecule has 1 aromatic carbocycles. The second kappa shape index (κ2) is 9.27. The van der Waals surface area contributed by atoms with E-state index in [0.29, 0.717) is 4.88 Å². The van der Waals surface area contributed by atoms with Crippen molar-refractivity contribution >= 4 is 34.8 Å². The Morgan fingerprint density at radius 2 is 1.85 bits per heavy atom. The maximum Gasteiger partial charge on any atom is 0.329 e. The Morgan fingerprint density at radius 1 is 1.11 bits per heavy atom. The molecular formula is C19H21FN2O4S. The Hall–Kier alpha value is -2.74. The molecule has 0 spiro atoms. The summed E-state index contributed by atoms with van der Waals surface area (Å²) in [5, 5.41) is 6.87. The van der Waals surface area contributed by atoms with Gasteiger partial charge in [0.15, 0.2) is 6.10 Å². The molecule has 0 aliphatic carbocycles. The summed E-state index contributed by atoms with van der Waals surface area (Å²) >= 11 is 1.26. The average molecular weight is 392 g/mol. The van der Waals surface area contributed by atoms with E-state index in [1.54, 1.807) is 31.4 Å². The average Bonchev–Trinajstić information content (AvgIpc) is 3.13. The van der Waals surface area contributed by atoms with E-state index in [9.17, 15) is 18.8 Å². The molecule has 0 aliphatic heterocycles. The van der Waals surface area contributed by atoms with Gasteiger partial charge in [-0.3, -0.25) is 9.59 Å². The Labute approximate surface area is 160 Å². The highest BCUT2D eigenvalue weighted by Gasteiger charge is 2.29. The minimum Gasteiger partial charge on any atom is -0.451 e. The summed E-state index contributed by atoms with van der Waals surface area (Å²) in [7, 11) is 0. The van der Waals surface area contributed by atoms with Crippen molar-refractivity contribution < 1.29 is 23.5 Å². The van der Waals surface area contributed by atoms with Crippen LogP contribution in [0.5, 0.6) is 0 Å². The standard InChI is InChI=1S/C19H21FN2O4S/c1-11(2)16(22-18(24)15-8-5-9-27-15)19(25)26-12(3)17(23)21-14-7-4-6-13(20)10-14/h4-12,16H,1-3H3,(H,21,23)(H,22,24). The van der Waals surface area contributed by atoms with Crippen LogP contribution in [-0.4, -0.2) is 29.9 Å². The summed E-state index contributed by atoms with van der Waals surface area (Å²) in [6.45, 7) is 4.93. The van der Waals surface area contributed by atoms with Crippen LogP contribution in [0.3, 0.4) is 0 Å². The second-order valence-electron chi connectivity index (χ2n) is 6.25. The number of ether oxygens (including phenoxy) is 1. The molecule has 1 aromatic heterocycles. The monoisotopic (exact) mass is 392 g/mol. The molecule has 27 heavy (non-hydrogen) atoms. The Kier molecular flexibility index (Phi) is 7.06. The van der Waals surface area contributed by atoms with Crippen molar-refractivity contribution in [2.24, 2.45) is 5.92 Å². The summed E-state index contributed by atoms with van der Waals surface area (Å²) < 4.78 is 18.4. The van der Waals surface area contributed by atoms with Gasteiger partial charge in [0, 0.05) is 5.69 Å². The number of anilines is 1. The fourth-order valence-electron chi connectivity index (χ4n) is 2.23. The molecule has 2 N–H and O–H groups in total. The van der Waals surface area contributed by atoms with Crippen molar-refractivity contribution in [3.8, 4) is 0 Å². The Balaban J connectivity index is 1.97. The molecule has 1 heterocycles. The third-order valence-corrected chi connectivity index (χ3v) is 4.58. The number of carbonyl (C=O) groups excluding carboxylic acids is 3. The number of esters is 1. The first-order valence-electron chi connectivity index (χ1n) is 8.39. The topological polar surface area (TPSA) is 84.5 Å². The summed E-state index contributed by atoms with van der Waals surface area (Å²) in [6.07, 6.45) is -1.11. The lowest BCUT2D eigenvalue weighted by molar-refractivity contribution is -0.156. The molecule has 0 fully saturated rings. The molecule has 2 rings (SSSR count). The molecule has 2 aromatic rings. The Morgan fingerprint density at radius 3 is 2.44 bits per heavy atom. The van der Waals surface area contributed by atoms with Gasteiger partial charge in [-0.2, -0.15) is 0 Å². The van der Waals surface area contributed by atoms with E-state index in [-0.39, 0.29) is 17.5 Å². The van der Waals surface area contributed by atoms with Crippen LogP contribution in [0.4, 0.5) is 10.1 Å². The normalized spacial score (nSPS) is 12.9. The molecule has 0 saturated carbocycles. The van der Waals surface area contributed by atoms with Crippen LogP contribution in [0, 0.1) is 11.7 Å². The number of amides is 2. The third kappa shape index (κ3) is 5.89. The quantitative estimate of drug-likeness (QED) is 0.709. The largest absolute Gasteiger partial charge is 0.451 e. The van der Waals surface area contributed by atoms with Gasteiger partial charge >= 0.3 is 5.97 Å². The zero-order valence-electron chi connectivity index (χ0n) is 15.2. The van der Waals surface area contributed by atoms with Crippen LogP contribution in [0.15, 0.2) is 41.8 Å². The van der Waals surface area contributed by atoms with Crippen LogP contribution in [-0.2, 0) is 14.3 Å². The van der Waals surface area contributed by atoms with Gasteiger partial charge in [-0.05, 0) is 42.5 Å². The molecular weight excluding hydrogens is 371 g/mol. The van der Waals surface area contributed by atoms with E-state index in [2.05, 4.69) is 10.6 Å². The van der Waals surface area contributed by atoms with Gasteiger partial charge in [-0.25, -0.2) is 9.18 Å². The number of benzene rings is 1. The summed E-state index contributed by atoms with van der Waals surface area (Å²) in [4.78, 5) is 37.3. The smallest absolute Gasteiger partial charge is 0.329 e. The van der Waals surface area contributed by atoms with Gasteiger partial charge in [0.05, 0.1) is 4.88 Å². The summed E-state index contributed by atoms with van der Waals surface area (Å²) in [5.41, 5.74) is 0.259. The number of carbonyl (C=O) groups is 3. The van der Waals surface area contributed by atoms with Gasteiger partial charge in [-0.1, -0.05) is 26.0 Å². The van der Waals surface area contributed by atoms with Gasteiger partial charge in [0.25, 0.3) is 11.8 Å². The molecule has 2 unspecified atom stereocenters. The highest BCUT2D eigenvalue weighted by molar-refractivity contribution is 7.12. The second-order valence-corrected chi connectivity index (χ2v) is 7.20. The predicted molar refractivity (Wildman–Crippen MR) is 101 cm³/mol. The van der Waals surface area contributed by atoms with Crippen LogP contribution < -0.4 is 10.6 Å². The number of halogens is 1. The van der Waals surface area contributed by atoms with Crippen molar-refractivity contribution in [3.63, 3.8) is 0 Å². The third-order valence-electron chi connectivity index (χ3n) is 3.71. The van der Waals surface area contributed by atoms with E-state index in [0.717, 1.165) is 6.07 Å². The van der Waals surface area contributed by atoms with E-state index in [1.807, 2.05) is 0 Å². The fourth-order valence-corrected chi connectivity index (χ4v) is 2.86. The SMILES string of the molecule is CC(OC(=O)C(NC(=O)c1cccs1)C(C)C)C(=O)Nc1cccc(F)c1. The van der Waals surface area contributed by atoms with Gasteiger partial charge in [-0.15, -0.1) is 11.3 Å². The maximum atomic E-state index is 13.2. The van der Waals surface area contributed by atoms with Crippen molar-refractivity contribution in [1.82, 2.24) is 5.32 Å². The number of hydrogen-bond acceptors (Lipinski definition) is 5. The first-order valence-corrected chi connectivity index (χ1v) is 9.27. The summed E-state index contributed by atoms with van der Waals surface area (Å²) in [5.74, 6) is -2.41. The van der Waals surface area contributed by atoms with Crippen LogP contribution in [0.2, 0.25) is 0 Å². The van der Waals surface area contributed by atoms with E-state index < -0.39 is 29.8 Å². The van der Waals surface area contributed by atoms with Crippen LogP contribution in [0.1, 0.15) is 30.4 Å². The highest BCUT2D eigenvalue weighted by atomic mass is 32.1. The number of thiophene rings is 1. The molecule has 0 bridgehead atoms. The lowest BCUT2D eigenvalue weighted by Crippen LogP contribution is -2.47. The predicted octanol–water partition coefficient (Wildman–Crippen LogP) is 3.21. The molecule has 2 atom stereocenters. The maximum absolute atomic E-state index is 13.2. The van der Waals surface area contributed by atoms with Gasteiger partial charge in [0.2, 0.25) is 0 Å². The van der Waals surface area contributed by atoms with Crippen molar-refractivity contribution in [1.29, 1.82) is 0 Å². The summed E-state index contributed by atoms with van der Waals surface area (Å²) in [6, 6.07) is 7.88. The molecule has 0 radical (unpaired) electrons. The minimum absolute atomic E-state index is 0.236. The molecule has 144 valence electrons. The van der Waals surface area contributed by atoms with Crippen molar-refractivity contribution in [2.75, 3.05) is 5.32 Å². The molecule has 0 aliphatic rings. The molecule has 8 heteroatoms. The van der Waals surface area contributed by atoms with Gasteiger partial charge < -0.3 is 15.4 Å². The first kappa shape index (κ1) is 20.6. The highest BCUT2D eigenvalue weighted by Crippen LogP contribution is 2.13. The fraction of sp³-hybridized carbons (Fsp3) is 0.316. The minimum atomic E-state index is -1.11. The van der Waals surface area contributed by atoms with E-state index in [1.165, 1.54) is 36.5 Å². The lowest BCUT2D eigenvalue weighted by atomic mass is 10.0. The molecule has 6 nitrogen and oxygen atoms in total. The lowest BCUT2D eigenvalue weighted by Gasteiger charge is -2.22. The number of rotatable bonds is 7. The zero-order valence-corrected chi connectivity index (χ0v) is 16.0. The number of nitrogens with one attached hydrogen (secondary N) is 2. The first-order chi connectivity index (χ1) is 12.8. The molecule has 0 saturated heterocycles. The van der Waals surface area contributed by atoms with Crippen molar-refractivity contribution in [2.45, 2.75) is 32.9 Å². The van der Waals surface area contributed by atoms with Crippen molar-refractivity contribution in [3.05, 3.63) is 52.5 Å². The van der Waals surface area contributed by atoms with E-state index in [4.69, 9.17) is 4.74 Å². The Bertz CT molecular complexity index is 808. The number of hydrogen-bond donors (Lipinski definition) is 2.